The largest absolute Gasteiger partial charge is 1.00 e. The standard InChI is InChI=1S/C6H12O5P.Na/c1-3-5-8-10-11-12(7)9-6-4-2;/h3H,1,4-6H2,2H3;/q-1;+1. The Morgan fingerprint density at radius 2 is 2.23 bits per heavy atom. The molecular weight excluding hydrogens is 206 g/mol. The summed E-state index contributed by atoms with van der Waals surface area (Å²) in [6.07, 6.45) is 2.22. The van der Waals surface area contributed by atoms with Crippen molar-refractivity contribution in [2.45, 2.75) is 13.3 Å². The van der Waals surface area contributed by atoms with Crippen LogP contribution in [0.15, 0.2) is 12.7 Å². The zero-order chi connectivity index (χ0) is 9.23. The zero-order valence-corrected chi connectivity index (χ0v) is 10.8. The molecule has 0 aliphatic heterocycles. The van der Waals surface area contributed by atoms with Crippen molar-refractivity contribution in [3.63, 3.8) is 0 Å². The maximum absolute atomic E-state index is 10.6. The summed E-state index contributed by atoms with van der Waals surface area (Å²) >= 11 is 0. The van der Waals surface area contributed by atoms with Crippen molar-refractivity contribution < 1.29 is 53.6 Å². The van der Waals surface area contributed by atoms with Crippen LogP contribution < -0.4 is 34.5 Å². The number of hydrogen-bond donors (Lipinski definition) is 0. The van der Waals surface area contributed by atoms with Crippen LogP contribution in [0.4, 0.5) is 0 Å². The Morgan fingerprint density at radius 3 is 2.77 bits per heavy atom. The summed E-state index contributed by atoms with van der Waals surface area (Å²) in [6, 6.07) is 0. The molecule has 0 saturated heterocycles. The van der Waals surface area contributed by atoms with E-state index < -0.39 is 8.60 Å². The van der Waals surface area contributed by atoms with Gasteiger partial charge in [-0.1, -0.05) is 18.0 Å². The van der Waals surface area contributed by atoms with Crippen molar-refractivity contribution in [2.75, 3.05) is 13.2 Å². The molecule has 1 atom stereocenters. The fraction of sp³-hybridized carbons (Fsp3) is 0.667. The smallest absolute Gasteiger partial charge is 0.784 e. The second-order valence-corrected chi connectivity index (χ2v) is 2.63. The van der Waals surface area contributed by atoms with E-state index in [1.54, 1.807) is 0 Å². The molecule has 13 heavy (non-hydrogen) atoms. The van der Waals surface area contributed by atoms with Gasteiger partial charge in [-0.2, -0.15) is 4.67 Å². The van der Waals surface area contributed by atoms with Crippen LogP contribution in [-0.2, 0) is 19.1 Å². The fourth-order valence-electron chi connectivity index (χ4n) is 0.310. The van der Waals surface area contributed by atoms with Crippen LogP contribution in [-0.4, -0.2) is 13.2 Å². The summed E-state index contributed by atoms with van der Waals surface area (Å²) in [5.74, 6) is 0. The van der Waals surface area contributed by atoms with E-state index >= 15 is 0 Å². The molecule has 0 bridgehead atoms. The topological polar surface area (TPSA) is 60.0 Å². The van der Waals surface area contributed by atoms with E-state index in [4.69, 9.17) is 0 Å². The zero-order valence-electron chi connectivity index (χ0n) is 7.89. The second-order valence-electron chi connectivity index (χ2n) is 1.77. The Kier molecular flexibility index (Phi) is 16.4. The van der Waals surface area contributed by atoms with Crippen LogP contribution in [0.3, 0.4) is 0 Å². The van der Waals surface area contributed by atoms with Gasteiger partial charge in [-0.05, 0) is 6.42 Å². The van der Waals surface area contributed by atoms with E-state index in [2.05, 4.69) is 25.7 Å². The first-order chi connectivity index (χ1) is 5.81. The molecular formula is C6H12NaO5P. The average molecular weight is 218 g/mol. The molecule has 0 saturated carbocycles. The van der Waals surface area contributed by atoms with Gasteiger partial charge in [-0.15, -0.1) is 6.58 Å². The minimum absolute atomic E-state index is 0. The molecule has 0 aromatic rings. The first kappa shape index (κ1) is 16.4. The van der Waals surface area contributed by atoms with Gasteiger partial charge >= 0.3 is 29.6 Å². The van der Waals surface area contributed by atoms with Gasteiger partial charge < -0.3 is 9.42 Å². The van der Waals surface area contributed by atoms with Crippen LogP contribution in [0.2, 0.25) is 0 Å². The molecule has 0 aromatic heterocycles. The normalized spacial score (nSPS) is 11.8. The Morgan fingerprint density at radius 1 is 1.54 bits per heavy atom. The molecule has 0 aliphatic rings. The van der Waals surface area contributed by atoms with Gasteiger partial charge in [0.05, 0.1) is 6.61 Å². The van der Waals surface area contributed by atoms with Crippen molar-refractivity contribution in [3.8, 4) is 0 Å². The quantitative estimate of drug-likeness (QED) is 0.119. The SMILES string of the molecule is C=CCOOOP([O-])OCCC.[Na+]. The fourth-order valence-corrected chi connectivity index (χ4v) is 0.777. The molecule has 0 N–H and O–H groups in total. The van der Waals surface area contributed by atoms with E-state index in [0.717, 1.165) is 6.42 Å². The molecule has 0 aromatic carbocycles. The maximum Gasteiger partial charge on any atom is 1.00 e. The van der Waals surface area contributed by atoms with Crippen LogP contribution >= 0.6 is 8.60 Å². The van der Waals surface area contributed by atoms with Crippen LogP contribution in [0.25, 0.3) is 0 Å². The summed E-state index contributed by atoms with van der Waals surface area (Å²) in [7, 11) is -2.23. The maximum atomic E-state index is 10.6. The van der Waals surface area contributed by atoms with Crippen molar-refractivity contribution in [3.05, 3.63) is 12.7 Å². The molecule has 0 spiro atoms. The first-order valence-corrected chi connectivity index (χ1v) is 4.58. The second kappa shape index (κ2) is 13.0. The van der Waals surface area contributed by atoms with E-state index in [1.807, 2.05) is 6.92 Å². The first-order valence-electron chi connectivity index (χ1n) is 3.48. The van der Waals surface area contributed by atoms with Gasteiger partial charge in [0.15, 0.2) is 0 Å². The Bertz CT molecular complexity index is 115. The van der Waals surface area contributed by atoms with Crippen molar-refractivity contribution in [2.24, 2.45) is 0 Å². The summed E-state index contributed by atoms with van der Waals surface area (Å²) in [5.41, 5.74) is 0. The Hall–Kier alpha value is 0.970. The Balaban J connectivity index is 0. The number of rotatable bonds is 8. The molecule has 0 heterocycles. The number of hydrogen-bond acceptors (Lipinski definition) is 5. The van der Waals surface area contributed by atoms with E-state index in [9.17, 15) is 4.89 Å². The van der Waals surface area contributed by atoms with E-state index in [0.29, 0.717) is 6.61 Å². The van der Waals surface area contributed by atoms with Gasteiger partial charge in [-0.25, -0.2) is 4.89 Å². The molecule has 5 nitrogen and oxygen atoms in total. The third-order valence-electron chi connectivity index (χ3n) is 0.726. The third-order valence-corrected chi connectivity index (χ3v) is 1.30. The van der Waals surface area contributed by atoms with Crippen LogP contribution in [0.1, 0.15) is 13.3 Å². The minimum atomic E-state index is -2.23. The summed E-state index contributed by atoms with van der Waals surface area (Å²) in [4.78, 5) is 15.0. The minimum Gasteiger partial charge on any atom is -0.784 e. The van der Waals surface area contributed by atoms with Gasteiger partial charge in [0.25, 0.3) is 0 Å². The molecule has 0 amide bonds. The third kappa shape index (κ3) is 13.0. The van der Waals surface area contributed by atoms with Gasteiger partial charge in [-0.3, -0.25) is 0 Å². The predicted molar refractivity (Wildman–Crippen MR) is 41.5 cm³/mol. The van der Waals surface area contributed by atoms with Gasteiger partial charge in [0, 0.05) is 0 Å². The van der Waals surface area contributed by atoms with E-state index in [-0.39, 0.29) is 36.2 Å². The molecule has 1 unspecified atom stereocenters. The summed E-state index contributed by atoms with van der Waals surface area (Å²) in [6.45, 7) is 5.77. The predicted octanol–water partition coefficient (Wildman–Crippen LogP) is -1.93. The average Bonchev–Trinajstić information content (AvgIpc) is 2.09. The van der Waals surface area contributed by atoms with E-state index in [1.165, 1.54) is 6.08 Å². The molecule has 0 fully saturated rings. The van der Waals surface area contributed by atoms with Crippen LogP contribution in [0.5, 0.6) is 0 Å². The molecule has 0 aliphatic carbocycles. The molecule has 0 rings (SSSR count). The van der Waals surface area contributed by atoms with Crippen molar-refractivity contribution >= 4 is 8.60 Å². The Labute approximate surface area is 101 Å². The summed E-state index contributed by atoms with van der Waals surface area (Å²) < 4.78 is 8.79. The van der Waals surface area contributed by atoms with Gasteiger partial charge in [0.2, 0.25) is 0 Å². The molecule has 72 valence electrons. The summed E-state index contributed by atoms with van der Waals surface area (Å²) in [5, 5.41) is 4.05. The van der Waals surface area contributed by atoms with Crippen LogP contribution in [0, 0.1) is 0 Å². The molecule has 0 radical (unpaired) electrons. The van der Waals surface area contributed by atoms with Crippen molar-refractivity contribution in [1.29, 1.82) is 0 Å². The van der Waals surface area contributed by atoms with Crippen molar-refractivity contribution in [1.82, 2.24) is 0 Å². The monoisotopic (exact) mass is 218 g/mol. The van der Waals surface area contributed by atoms with Gasteiger partial charge in [0.1, 0.15) is 15.2 Å². The molecule has 7 heteroatoms.